The normalized spacial score (nSPS) is 12.5. The zero-order valence-electron chi connectivity index (χ0n) is 15.3. The number of fused-ring (bicyclic) bond motifs is 1. The number of rotatable bonds is 7. The molecule has 0 saturated carbocycles. The van der Waals surface area contributed by atoms with Gasteiger partial charge < -0.3 is 10.1 Å². The molecule has 0 aliphatic rings. The highest BCUT2D eigenvalue weighted by Gasteiger charge is 2.12. The largest absolute Gasteiger partial charge is 0.493 e. The van der Waals surface area contributed by atoms with Gasteiger partial charge in [0, 0.05) is 18.2 Å². The average molecular weight is 333 g/mol. The second kappa shape index (κ2) is 8.17. The predicted octanol–water partition coefficient (Wildman–Crippen LogP) is 5.73. The molecule has 0 aliphatic heterocycles. The second-order valence-corrected chi connectivity index (χ2v) is 6.98. The minimum atomic E-state index is 0.290. The second-order valence-electron chi connectivity index (χ2n) is 6.98. The predicted molar refractivity (Wildman–Crippen MR) is 106 cm³/mol. The summed E-state index contributed by atoms with van der Waals surface area (Å²) in [6, 6.07) is 23.6. The highest BCUT2D eigenvalue weighted by molar-refractivity contribution is 5.87. The fourth-order valence-electron chi connectivity index (χ4n) is 3.00. The van der Waals surface area contributed by atoms with Gasteiger partial charge in [0.25, 0.3) is 0 Å². The van der Waals surface area contributed by atoms with E-state index in [0.717, 1.165) is 18.9 Å². The Kier molecular flexibility index (Phi) is 5.72. The van der Waals surface area contributed by atoms with E-state index in [1.54, 1.807) is 0 Å². The lowest BCUT2D eigenvalue weighted by atomic mass is 10.0. The van der Waals surface area contributed by atoms with Gasteiger partial charge in [0.2, 0.25) is 0 Å². The van der Waals surface area contributed by atoms with Crippen molar-refractivity contribution in [2.45, 2.75) is 33.4 Å². The van der Waals surface area contributed by atoms with Gasteiger partial charge in [-0.2, -0.15) is 0 Å². The van der Waals surface area contributed by atoms with Crippen LogP contribution in [0, 0.1) is 5.92 Å². The van der Waals surface area contributed by atoms with E-state index in [2.05, 4.69) is 92.8 Å². The van der Waals surface area contributed by atoms with E-state index in [4.69, 9.17) is 4.74 Å². The molecular weight excluding hydrogens is 306 g/mol. The SMILES string of the molecule is CC(C)COc1ccc2ccccc2c1CNC(C)c1ccccc1. The molecule has 0 radical (unpaired) electrons. The summed E-state index contributed by atoms with van der Waals surface area (Å²) in [5.41, 5.74) is 2.54. The number of benzene rings is 3. The molecule has 0 fully saturated rings. The maximum Gasteiger partial charge on any atom is 0.124 e. The van der Waals surface area contributed by atoms with Gasteiger partial charge in [-0.05, 0) is 35.2 Å². The van der Waals surface area contributed by atoms with Crippen LogP contribution in [-0.2, 0) is 6.54 Å². The molecule has 0 spiro atoms. The Balaban J connectivity index is 1.85. The summed E-state index contributed by atoms with van der Waals surface area (Å²) < 4.78 is 6.10. The van der Waals surface area contributed by atoms with Crippen LogP contribution in [0.2, 0.25) is 0 Å². The summed E-state index contributed by atoms with van der Waals surface area (Å²) in [6.45, 7) is 8.08. The van der Waals surface area contributed by atoms with Crippen molar-refractivity contribution in [3.8, 4) is 5.75 Å². The highest BCUT2D eigenvalue weighted by atomic mass is 16.5. The Bertz CT molecular complexity index is 811. The van der Waals surface area contributed by atoms with Gasteiger partial charge in [0.05, 0.1) is 6.61 Å². The first-order valence-electron chi connectivity index (χ1n) is 9.07. The third-order valence-electron chi connectivity index (χ3n) is 4.45. The summed E-state index contributed by atoms with van der Waals surface area (Å²) in [6.07, 6.45) is 0. The molecule has 0 amide bonds. The van der Waals surface area contributed by atoms with Gasteiger partial charge in [0.15, 0.2) is 0 Å². The lowest BCUT2D eigenvalue weighted by Gasteiger charge is -2.19. The monoisotopic (exact) mass is 333 g/mol. The Morgan fingerprint density at radius 3 is 2.32 bits per heavy atom. The quantitative estimate of drug-likeness (QED) is 0.596. The van der Waals surface area contributed by atoms with Crippen LogP contribution in [0.1, 0.15) is 37.9 Å². The highest BCUT2D eigenvalue weighted by Crippen LogP contribution is 2.29. The number of nitrogens with one attached hydrogen (secondary N) is 1. The fraction of sp³-hybridized carbons (Fsp3) is 0.304. The van der Waals surface area contributed by atoms with Crippen LogP contribution < -0.4 is 10.1 Å². The van der Waals surface area contributed by atoms with E-state index in [1.165, 1.54) is 21.9 Å². The molecule has 25 heavy (non-hydrogen) atoms. The van der Waals surface area contributed by atoms with E-state index in [-0.39, 0.29) is 6.04 Å². The van der Waals surface area contributed by atoms with Gasteiger partial charge >= 0.3 is 0 Å². The first-order chi connectivity index (χ1) is 12.1. The van der Waals surface area contributed by atoms with Gasteiger partial charge in [0.1, 0.15) is 5.75 Å². The summed E-state index contributed by atoms with van der Waals surface area (Å²) in [5.74, 6) is 1.50. The molecule has 0 bridgehead atoms. The van der Waals surface area contributed by atoms with Gasteiger partial charge in [-0.25, -0.2) is 0 Å². The minimum absolute atomic E-state index is 0.290. The molecule has 0 aliphatic carbocycles. The minimum Gasteiger partial charge on any atom is -0.493 e. The Morgan fingerprint density at radius 2 is 1.56 bits per heavy atom. The van der Waals surface area contributed by atoms with Crippen molar-refractivity contribution in [3.63, 3.8) is 0 Å². The zero-order chi connectivity index (χ0) is 17.6. The first kappa shape index (κ1) is 17.5. The van der Waals surface area contributed by atoms with Crippen LogP contribution >= 0.6 is 0 Å². The van der Waals surface area contributed by atoms with E-state index in [0.29, 0.717) is 5.92 Å². The van der Waals surface area contributed by atoms with Crippen LogP contribution in [0.5, 0.6) is 5.75 Å². The lowest BCUT2D eigenvalue weighted by Crippen LogP contribution is -2.19. The molecule has 0 saturated heterocycles. The van der Waals surface area contributed by atoms with E-state index in [1.807, 2.05) is 0 Å². The van der Waals surface area contributed by atoms with Crippen LogP contribution in [0.25, 0.3) is 10.8 Å². The number of hydrogen-bond donors (Lipinski definition) is 1. The molecular formula is C23H27NO. The molecule has 3 aromatic carbocycles. The van der Waals surface area contributed by atoms with Crippen molar-refractivity contribution >= 4 is 10.8 Å². The maximum atomic E-state index is 6.10. The Hall–Kier alpha value is -2.32. The van der Waals surface area contributed by atoms with Crippen LogP contribution in [-0.4, -0.2) is 6.61 Å². The van der Waals surface area contributed by atoms with Crippen molar-refractivity contribution in [2.75, 3.05) is 6.61 Å². The van der Waals surface area contributed by atoms with Gasteiger partial charge in [-0.15, -0.1) is 0 Å². The van der Waals surface area contributed by atoms with E-state index in [9.17, 15) is 0 Å². The summed E-state index contributed by atoms with van der Waals surface area (Å²) >= 11 is 0. The van der Waals surface area contributed by atoms with E-state index >= 15 is 0 Å². The fourth-order valence-corrected chi connectivity index (χ4v) is 3.00. The van der Waals surface area contributed by atoms with Crippen molar-refractivity contribution in [2.24, 2.45) is 5.92 Å². The lowest BCUT2D eigenvalue weighted by molar-refractivity contribution is 0.268. The van der Waals surface area contributed by atoms with Crippen molar-refractivity contribution in [3.05, 3.63) is 77.9 Å². The molecule has 0 heterocycles. The first-order valence-corrected chi connectivity index (χ1v) is 9.07. The molecule has 1 N–H and O–H groups in total. The van der Waals surface area contributed by atoms with Crippen LogP contribution in [0.4, 0.5) is 0 Å². The van der Waals surface area contributed by atoms with Gasteiger partial charge in [-0.3, -0.25) is 0 Å². The molecule has 1 atom stereocenters. The zero-order valence-corrected chi connectivity index (χ0v) is 15.3. The average Bonchev–Trinajstić information content (AvgIpc) is 2.65. The molecule has 1 unspecified atom stereocenters. The maximum absolute atomic E-state index is 6.10. The molecule has 2 nitrogen and oxygen atoms in total. The summed E-state index contributed by atoms with van der Waals surface area (Å²) in [5, 5.41) is 6.17. The van der Waals surface area contributed by atoms with Crippen LogP contribution in [0.15, 0.2) is 66.7 Å². The Labute approximate surface area is 150 Å². The number of ether oxygens (including phenoxy) is 1. The third kappa shape index (κ3) is 4.40. The molecule has 3 rings (SSSR count). The standard InChI is InChI=1S/C23H27NO/c1-17(2)16-25-23-14-13-20-11-7-8-12-21(20)22(23)15-24-18(3)19-9-5-4-6-10-19/h4-14,17-18,24H,15-16H2,1-3H3. The van der Waals surface area contributed by atoms with Crippen molar-refractivity contribution < 1.29 is 4.74 Å². The smallest absolute Gasteiger partial charge is 0.124 e. The van der Waals surface area contributed by atoms with Crippen molar-refractivity contribution in [1.82, 2.24) is 5.32 Å². The summed E-state index contributed by atoms with van der Waals surface area (Å²) in [7, 11) is 0. The van der Waals surface area contributed by atoms with Crippen LogP contribution in [0.3, 0.4) is 0 Å². The molecule has 0 aromatic heterocycles. The Morgan fingerprint density at radius 1 is 0.840 bits per heavy atom. The molecule has 130 valence electrons. The topological polar surface area (TPSA) is 21.3 Å². The molecule has 3 aromatic rings. The number of hydrogen-bond acceptors (Lipinski definition) is 2. The van der Waals surface area contributed by atoms with Crippen molar-refractivity contribution in [1.29, 1.82) is 0 Å². The summed E-state index contributed by atoms with van der Waals surface area (Å²) in [4.78, 5) is 0. The third-order valence-corrected chi connectivity index (χ3v) is 4.45. The van der Waals surface area contributed by atoms with Gasteiger partial charge in [-0.1, -0.05) is 74.5 Å². The molecule has 2 heteroatoms. The van der Waals surface area contributed by atoms with E-state index < -0.39 is 0 Å².